The average molecular weight is 456 g/mol. The number of H-pyrrole nitrogens is 1. The Labute approximate surface area is 178 Å². The number of carbonyl (C=O) groups excluding carboxylic acids is 1. The second-order valence-electron chi connectivity index (χ2n) is 7.34. The van der Waals surface area contributed by atoms with Crippen molar-refractivity contribution < 1.29 is 32.4 Å². The molecule has 0 aromatic carbocycles. The second kappa shape index (κ2) is 9.51. The normalized spacial score (nSPS) is 32.2. The van der Waals surface area contributed by atoms with Crippen LogP contribution < -0.4 is 11.2 Å². The van der Waals surface area contributed by atoms with E-state index in [1.807, 2.05) is 0 Å². The molecule has 3 rings (SSSR count). The molecule has 2 fully saturated rings. The topological polar surface area (TPSA) is 135 Å². The van der Waals surface area contributed by atoms with Gasteiger partial charge in [-0.15, -0.1) is 6.42 Å². The molecule has 0 aliphatic carbocycles. The number of hydrogen-bond acceptors (Lipinski definition) is 9. The molecule has 5 atom stereocenters. The number of unbranched alkanes of at least 4 members (excludes halogenated alkanes) is 1. The maximum absolute atomic E-state index is 12.9. The standard InChI is InChI=1S/C19H25N2O9P/c1-4-19(3)16-13(29-17(19)21-10-9-14(22)20-18(21)24)12-28-31(25,30-16)27-11-7-6-8-15(23)26-5-2/h1,9-10,13,16-17H,5-8,11-12H2,2-3H3,(H,20,22,24)/t13?,16-,17-,19-,31+/m1/s1. The molecule has 2 saturated heterocycles. The van der Waals surface area contributed by atoms with Gasteiger partial charge < -0.3 is 9.47 Å². The zero-order valence-corrected chi connectivity index (χ0v) is 18.2. The van der Waals surface area contributed by atoms with Crippen molar-refractivity contribution in [1.29, 1.82) is 0 Å². The van der Waals surface area contributed by atoms with Gasteiger partial charge in [0.2, 0.25) is 0 Å². The highest BCUT2D eigenvalue weighted by Crippen LogP contribution is 2.60. The summed E-state index contributed by atoms with van der Waals surface area (Å²) in [5.41, 5.74) is -2.45. The molecule has 1 unspecified atom stereocenters. The molecule has 0 spiro atoms. The molecular formula is C19H25N2O9P. The van der Waals surface area contributed by atoms with Gasteiger partial charge in [0.1, 0.15) is 17.6 Å². The Hall–Kier alpha value is -2.22. The van der Waals surface area contributed by atoms with Gasteiger partial charge in [0.15, 0.2) is 6.23 Å². The third kappa shape index (κ3) is 5.00. The van der Waals surface area contributed by atoms with Crippen LogP contribution in [0.3, 0.4) is 0 Å². The first-order chi connectivity index (χ1) is 14.7. The lowest BCUT2D eigenvalue weighted by atomic mass is 9.83. The third-order valence-electron chi connectivity index (χ3n) is 5.13. The van der Waals surface area contributed by atoms with Gasteiger partial charge in [-0.2, -0.15) is 0 Å². The van der Waals surface area contributed by atoms with Gasteiger partial charge in [0, 0.05) is 18.7 Å². The fraction of sp³-hybridized carbons (Fsp3) is 0.632. The van der Waals surface area contributed by atoms with Crippen LogP contribution in [0.2, 0.25) is 0 Å². The number of phosphoric acid groups is 1. The van der Waals surface area contributed by atoms with Crippen molar-refractivity contribution in [2.45, 2.75) is 51.5 Å². The van der Waals surface area contributed by atoms with Crippen LogP contribution in [-0.4, -0.2) is 47.5 Å². The number of nitrogens with one attached hydrogen (secondary N) is 1. The van der Waals surface area contributed by atoms with Crippen LogP contribution in [0, 0.1) is 17.8 Å². The van der Waals surface area contributed by atoms with E-state index in [4.69, 9.17) is 29.5 Å². The number of carbonyl (C=O) groups is 1. The first kappa shape index (κ1) is 23.4. The first-order valence-electron chi connectivity index (χ1n) is 9.90. The number of phosphoric ester groups is 1. The van der Waals surface area contributed by atoms with E-state index in [9.17, 15) is 18.9 Å². The Morgan fingerprint density at radius 1 is 1.45 bits per heavy atom. The van der Waals surface area contributed by atoms with E-state index in [1.165, 1.54) is 12.3 Å². The Kier molecular flexibility index (Phi) is 7.19. The van der Waals surface area contributed by atoms with Crippen LogP contribution >= 0.6 is 7.82 Å². The van der Waals surface area contributed by atoms with Crippen LogP contribution in [0.25, 0.3) is 0 Å². The van der Waals surface area contributed by atoms with E-state index in [1.54, 1.807) is 13.8 Å². The maximum atomic E-state index is 12.9. The summed E-state index contributed by atoms with van der Waals surface area (Å²) in [5, 5.41) is 0. The summed E-state index contributed by atoms with van der Waals surface area (Å²) < 4.78 is 41.1. The summed E-state index contributed by atoms with van der Waals surface area (Å²) in [7, 11) is -3.93. The predicted octanol–water partition coefficient (Wildman–Crippen LogP) is 1.35. The number of hydrogen-bond donors (Lipinski definition) is 1. The fourth-order valence-corrected chi connectivity index (χ4v) is 5.02. The van der Waals surface area contributed by atoms with Crippen LogP contribution in [0.4, 0.5) is 0 Å². The monoisotopic (exact) mass is 456 g/mol. The van der Waals surface area contributed by atoms with Gasteiger partial charge in [-0.1, -0.05) is 5.92 Å². The number of terminal acetylenes is 1. The van der Waals surface area contributed by atoms with Gasteiger partial charge in [-0.25, -0.2) is 9.36 Å². The Morgan fingerprint density at radius 3 is 2.90 bits per heavy atom. The minimum absolute atomic E-state index is 0.0461. The summed E-state index contributed by atoms with van der Waals surface area (Å²) in [6.45, 7) is 3.61. The molecule has 2 aliphatic heterocycles. The predicted molar refractivity (Wildman–Crippen MR) is 107 cm³/mol. The van der Waals surface area contributed by atoms with Crippen LogP contribution in [0.1, 0.15) is 39.3 Å². The number of aromatic nitrogens is 2. The lowest BCUT2D eigenvalue weighted by Gasteiger charge is -2.35. The highest BCUT2D eigenvalue weighted by molar-refractivity contribution is 7.48. The molecule has 1 aromatic heterocycles. The van der Waals surface area contributed by atoms with E-state index >= 15 is 0 Å². The van der Waals surface area contributed by atoms with Crippen LogP contribution in [-0.2, 0) is 32.4 Å². The highest BCUT2D eigenvalue weighted by atomic mass is 31.2. The number of esters is 1. The minimum Gasteiger partial charge on any atom is -0.466 e. The zero-order valence-electron chi connectivity index (χ0n) is 17.3. The Balaban J connectivity index is 1.66. The van der Waals surface area contributed by atoms with Gasteiger partial charge in [0.25, 0.3) is 5.56 Å². The summed E-state index contributed by atoms with van der Waals surface area (Å²) in [6, 6.07) is 1.17. The molecule has 0 amide bonds. The SMILES string of the molecule is C#C[C@]1(C)[C@@H]2O[P@@](=O)(OCCCCC(=O)OCC)OCC2O[C@H]1n1ccc(=O)[nH]c1=O. The summed E-state index contributed by atoms with van der Waals surface area (Å²) in [6.07, 6.45) is 5.65. The van der Waals surface area contributed by atoms with Crippen LogP contribution in [0.5, 0.6) is 0 Å². The molecule has 1 aromatic rings. The summed E-state index contributed by atoms with van der Waals surface area (Å²) in [5.74, 6) is 2.28. The lowest BCUT2D eigenvalue weighted by molar-refractivity contribution is -0.143. The Bertz CT molecular complexity index is 1010. The number of aromatic amines is 1. The number of rotatable bonds is 8. The van der Waals surface area contributed by atoms with Crippen LogP contribution in [0.15, 0.2) is 21.9 Å². The molecule has 31 heavy (non-hydrogen) atoms. The van der Waals surface area contributed by atoms with E-state index in [0.29, 0.717) is 19.4 Å². The quantitative estimate of drug-likeness (QED) is 0.266. The largest absolute Gasteiger partial charge is 0.475 e. The van der Waals surface area contributed by atoms with E-state index < -0.39 is 42.9 Å². The molecule has 0 radical (unpaired) electrons. The minimum atomic E-state index is -3.93. The van der Waals surface area contributed by atoms with Gasteiger partial charge >= 0.3 is 19.5 Å². The molecule has 1 N–H and O–H groups in total. The van der Waals surface area contributed by atoms with E-state index in [0.717, 1.165) is 4.57 Å². The fourth-order valence-electron chi connectivity index (χ4n) is 3.51. The second-order valence-corrected chi connectivity index (χ2v) is 8.96. The molecular weight excluding hydrogens is 431 g/mol. The number of ether oxygens (including phenoxy) is 2. The van der Waals surface area contributed by atoms with Crippen molar-refractivity contribution >= 4 is 13.8 Å². The van der Waals surface area contributed by atoms with Gasteiger partial charge in [-0.05, 0) is 26.7 Å². The average Bonchev–Trinajstić information content (AvgIpc) is 3.00. The molecule has 11 nitrogen and oxygen atoms in total. The third-order valence-corrected chi connectivity index (χ3v) is 6.58. The smallest absolute Gasteiger partial charge is 0.466 e. The van der Waals surface area contributed by atoms with E-state index in [2.05, 4.69) is 10.9 Å². The zero-order chi connectivity index (χ0) is 22.6. The first-order valence-corrected chi connectivity index (χ1v) is 11.4. The number of fused-ring (bicyclic) bond motifs is 1. The van der Waals surface area contributed by atoms with Gasteiger partial charge in [0.05, 0.1) is 19.8 Å². The Morgan fingerprint density at radius 2 is 2.23 bits per heavy atom. The molecule has 0 saturated carbocycles. The summed E-state index contributed by atoms with van der Waals surface area (Å²) >= 11 is 0. The molecule has 3 heterocycles. The highest BCUT2D eigenvalue weighted by Gasteiger charge is 2.60. The van der Waals surface area contributed by atoms with Crippen molar-refractivity contribution in [1.82, 2.24) is 9.55 Å². The molecule has 12 heteroatoms. The molecule has 0 bridgehead atoms. The maximum Gasteiger partial charge on any atom is 0.475 e. The number of nitrogens with zero attached hydrogens (tertiary/aromatic N) is 1. The van der Waals surface area contributed by atoms with Crippen molar-refractivity contribution in [2.75, 3.05) is 19.8 Å². The molecule has 2 aliphatic rings. The van der Waals surface area contributed by atoms with Crippen molar-refractivity contribution in [3.05, 3.63) is 33.1 Å². The van der Waals surface area contributed by atoms with E-state index in [-0.39, 0.29) is 25.6 Å². The molecule has 170 valence electrons. The summed E-state index contributed by atoms with van der Waals surface area (Å²) in [4.78, 5) is 37.1. The van der Waals surface area contributed by atoms with Crippen molar-refractivity contribution in [3.63, 3.8) is 0 Å². The lowest BCUT2D eigenvalue weighted by Crippen LogP contribution is -2.43. The van der Waals surface area contributed by atoms with Crippen molar-refractivity contribution in [2.24, 2.45) is 5.41 Å². The van der Waals surface area contributed by atoms with Crippen molar-refractivity contribution in [3.8, 4) is 12.3 Å². The van der Waals surface area contributed by atoms with Gasteiger partial charge in [-0.3, -0.25) is 32.7 Å².